The highest BCUT2D eigenvalue weighted by atomic mass is 79.9. The Bertz CT molecular complexity index is 1200. The van der Waals surface area contributed by atoms with Crippen molar-refractivity contribution in [2.75, 3.05) is 18.5 Å². The van der Waals surface area contributed by atoms with Crippen LogP contribution in [0.25, 0.3) is 0 Å². The molecule has 0 heterocycles. The summed E-state index contributed by atoms with van der Waals surface area (Å²) in [6.45, 7) is 4.20. The molecule has 0 aliphatic carbocycles. The van der Waals surface area contributed by atoms with Crippen LogP contribution in [0.4, 0.5) is 11.4 Å². The number of hydrogen-bond acceptors (Lipinski definition) is 7. The maximum absolute atomic E-state index is 12.0. The Labute approximate surface area is 211 Å². The predicted molar refractivity (Wildman–Crippen MR) is 136 cm³/mol. The number of carbonyl (C=O) groups excluding carboxylic acids is 1. The van der Waals surface area contributed by atoms with E-state index in [4.69, 9.17) is 14.3 Å². The lowest BCUT2D eigenvalue weighted by atomic mass is 10.2. The van der Waals surface area contributed by atoms with Crippen molar-refractivity contribution in [2.45, 2.75) is 20.5 Å². The number of nitro benzene ring substituents is 1. The molecular weight excluding hydrogens is 518 g/mol. The van der Waals surface area contributed by atoms with E-state index in [2.05, 4.69) is 26.4 Å². The zero-order chi connectivity index (χ0) is 25.2. The zero-order valence-electron chi connectivity index (χ0n) is 19.2. The number of nitro groups is 1. The van der Waals surface area contributed by atoms with Crippen molar-refractivity contribution >= 4 is 39.4 Å². The van der Waals surface area contributed by atoms with Crippen molar-refractivity contribution in [2.24, 2.45) is 5.16 Å². The fraction of sp³-hybridized carbons (Fsp3) is 0.200. The molecule has 0 saturated carbocycles. The molecule has 1 N–H and O–H groups in total. The number of nitrogens with one attached hydrogen (secondary N) is 1. The zero-order valence-corrected chi connectivity index (χ0v) is 20.8. The monoisotopic (exact) mass is 541 g/mol. The third kappa shape index (κ3) is 7.82. The summed E-state index contributed by atoms with van der Waals surface area (Å²) in [5, 5.41) is 17.4. The average molecular weight is 542 g/mol. The highest BCUT2D eigenvalue weighted by Gasteiger charge is 2.13. The summed E-state index contributed by atoms with van der Waals surface area (Å²) in [5.74, 6) is 0.653. The van der Waals surface area contributed by atoms with Gasteiger partial charge in [-0.15, -0.1) is 0 Å². The molecule has 3 aromatic rings. The second kappa shape index (κ2) is 12.5. The van der Waals surface area contributed by atoms with E-state index in [1.807, 2.05) is 38.1 Å². The number of non-ortho nitro benzene ring substituents is 1. The van der Waals surface area contributed by atoms with Gasteiger partial charge in [0.15, 0.2) is 18.1 Å². The first-order valence-electron chi connectivity index (χ1n) is 10.7. The van der Waals surface area contributed by atoms with Crippen LogP contribution in [-0.4, -0.2) is 30.3 Å². The van der Waals surface area contributed by atoms with Gasteiger partial charge >= 0.3 is 0 Å². The summed E-state index contributed by atoms with van der Waals surface area (Å²) in [6.07, 6.45) is 1.46. The third-order valence-corrected chi connectivity index (χ3v) is 5.26. The Morgan fingerprint density at radius 3 is 2.49 bits per heavy atom. The van der Waals surface area contributed by atoms with Crippen molar-refractivity contribution < 1.29 is 24.0 Å². The van der Waals surface area contributed by atoms with Gasteiger partial charge in [-0.3, -0.25) is 14.9 Å². The molecule has 0 saturated heterocycles. The summed E-state index contributed by atoms with van der Waals surface area (Å²) >= 11 is 3.49. The summed E-state index contributed by atoms with van der Waals surface area (Å²) in [7, 11) is 0. The van der Waals surface area contributed by atoms with Crippen LogP contribution in [0.1, 0.15) is 23.6 Å². The molecule has 1 amide bonds. The summed E-state index contributed by atoms with van der Waals surface area (Å²) in [5.41, 5.74) is 3.24. The van der Waals surface area contributed by atoms with E-state index in [9.17, 15) is 14.9 Å². The van der Waals surface area contributed by atoms with Crippen molar-refractivity contribution in [3.05, 3.63) is 91.9 Å². The second-order valence-corrected chi connectivity index (χ2v) is 8.25. The van der Waals surface area contributed by atoms with E-state index >= 15 is 0 Å². The fourth-order valence-electron chi connectivity index (χ4n) is 2.96. The van der Waals surface area contributed by atoms with Crippen molar-refractivity contribution in [1.29, 1.82) is 0 Å². The van der Waals surface area contributed by atoms with Crippen molar-refractivity contribution in [1.82, 2.24) is 0 Å². The molecule has 0 radical (unpaired) electrons. The maximum Gasteiger partial charge on any atom is 0.269 e. The van der Waals surface area contributed by atoms with Gasteiger partial charge in [0.2, 0.25) is 0 Å². The largest absolute Gasteiger partial charge is 0.490 e. The Kier molecular flexibility index (Phi) is 9.19. The van der Waals surface area contributed by atoms with E-state index in [0.717, 1.165) is 11.1 Å². The van der Waals surface area contributed by atoms with E-state index in [1.54, 1.807) is 24.3 Å². The number of aryl methyl sites for hydroxylation is 1. The number of oxime groups is 1. The van der Waals surface area contributed by atoms with Crippen LogP contribution in [0.2, 0.25) is 0 Å². The van der Waals surface area contributed by atoms with E-state index in [0.29, 0.717) is 33.8 Å². The molecular formula is C25H24BrN3O6. The molecule has 3 rings (SSSR count). The van der Waals surface area contributed by atoms with Crippen LogP contribution in [0.5, 0.6) is 11.5 Å². The first-order chi connectivity index (χ1) is 16.9. The van der Waals surface area contributed by atoms with Gasteiger partial charge < -0.3 is 19.6 Å². The summed E-state index contributed by atoms with van der Waals surface area (Å²) in [6, 6.07) is 17.1. The Hall–Kier alpha value is -3.92. The molecule has 0 atom stereocenters. The molecule has 10 heteroatoms. The number of amides is 1. The SMILES string of the molecule is CCOc1cc(/C=N/OCC(=O)Nc2ccc(C)cc2)cc(Br)c1OCc1ccc([N+](=O)[O-])cc1. The van der Waals surface area contributed by atoms with Crippen LogP contribution in [0, 0.1) is 17.0 Å². The van der Waals surface area contributed by atoms with Gasteiger partial charge in [-0.25, -0.2) is 0 Å². The van der Waals surface area contributed by atoms with Crippen LogP contribution >= 0.6 is 15.9 Å². The Balaban J connectivity index is 1.59. The highest BCUT2D eigenvalue weighted by molar-refractivity contribution is 9.10. The molecule has 0 bridgehead atoms. The topological polar surface area (TPSA) is 112 Å². The highest BCUT2D eigenvalue weighted by Crippen LogP contribution is 2.37. The van der Waals surface area contributed by atoms with Gasteiger partial charge in [-0.2, -0.15) is 0 Å². The molecule has 0 aromatic heterocycles. The molecule has 0 unspecified atom stereocenters. The molecule has 9 nitrogen and oxygen atoms in total. The number of anilines is 1. The lowest BCUT2D eigenvalue weighted by Crippen LogP contribution is -2.16. The normalized spacial score (nSPS) is 10.7. The number of benzene rings is 3. The minimum atomic E-state index is -0.450. The summed E-state index contributed by atoms with van der Waals surface area (Å²) < 4.78 is 12.2. The minimum absolute atomic E-state index is 0.0171. The maximum atomic E-state index is 12.0. The third-order valence-electron chi connectivity index (χ3n) is 4.67. The number of ether oxygens (including phenoxy) is 2. The molecule has 35 heavy (non-hydrogen) atoms. The number of nitrogens with zero attached hydrogens (tertiary/aromatic N) is 2. The van der Waals surface area contributed by atoms with Crippen molar-refractivity contribution in [3.63, 3.8) is 0 Å². The van der Waals surface area contributed by atoms with Gasteiger partial charge in [0, 0.05) is 23.4 Å². The van der Waals surface area contributed by atoms with Gasteiger partial charge in [-0.1, -0.05) is 22.9 Å². The first-order valence-corrected chi connectivity index (χ1v) is 11.5. The van der Waals surface area contributed by atoms with Gasteiger partial charge in [0.1, 0.15) is 6.61 Å². The van der Waals surface area contributed by atoms with Gasteiger partial charge in [-0.05, 0) is 71.7 Å². The number of rotatable bonds is 11. The second-order valence-electron chi connectivity index (χ2n) is 7.40. The molecule has 0 fully saturated rings. The number of hydrogen-bond donors (Lipinski definition) is 1. The average Bonchev–Trinajstić information content (AvgIpc) is 2.83. The molecule has 0 spiro atoms. The van der Waals surface area contributed by atoms with E-state index in [-0.39, 0.29) is 24.8 Å². The van der Waals surface area contributed by atoms with E-state index in [1.165, 1.54) is 18.3 Å². The Morgan fingerprint density at radius 2 is 1.83 bits per heavy atom. The quantitative estimate of drug-likeness (QED) is 0.191. The smallest absolute Gasteiger partial charge is 0.269 e. The molecule has 0 aliphatic heterocycles. The van der Waals surface area contributed by atoms with Crippen LogP contribution in [0.15, 0.2) is 70.3 Å². The lowest BCUT2D eigenvalue weighted by molar-refractivity contribution is -0.384. The Morgan fingerprint density at radius 1 is 1.11 bits per heavy atom. The predicted octanol–water partition coefficient (Wildman–Crippen LogP) is 5.63. The lowest BCUT2D eigenvalue weighted by Gasteiger charge is -2.14. The van der Waals surface area contributed by atoms with Gasteiger partial charge in [0.25, 0.3) is 11.6 Å². The first kappa shape index (κ1) is 25.7. The molecule has 182 valence electrons. The fourth-order valence-corrected chi connectivity index (χ4v) is 3.54. The molecule has 3 aromatic carbocycles. The van der Waals surface area contributed by atoms with Crippen LogP contribution in [0.3, 0.4) is 0 Å². The number of halogens is 1. The van der Waals surface area contributed by atoms with Crippen molar-refractivity contribution in [3.8, 4) is 11.5 Å². The van der Waals surface area contributed by atoms with Crippen LogP contribution in [-0.2, 0) is 16.2 Å². The summed E-state index contributed by atoms with van der Waals surface area (Å²) in [4.78, 5) is 27.5. The van der Waals surface area contributed by atoms with Crippen LogP contribution < -0.4 is 14.8 Å². The van der Waals surface area contributed by atoms with E-state index < -0.39 is 4.92 Å². The standard InChI is InChI=1S/C25H24BrN3O6/c1-3-33-23-13-19(14-27-35-16-24(30)28-20-8-4-17(2)5-9-20)12-22(26)25(23)34-15-18-6-10-21(11-7-18)29(31)32/h4-14H,3,15-16H2,1-2H3,(H,28,30)/b27-14+. The molecule has 0 aliphatic rings. The minimum Gasteiger partial charge on any atom is -0.490 e. The van der Waals surface area contributed by atoms with Gasteiger partial charge in [0.05, 0.1) is 22.2 Å². The number of carbonyl (C=O) groups is 1.